The van der Waals surface area contributed by atoms with E-state index in [1.807, 2.05) is 29.7 Å². The van der Waals surface area contributed by atoms with Gasteiger partial charge in [-0.2, -0.15) is 0 Å². The molecule has 2 N–H and O–H groups in total. The SMILES string of the molecule is CCn1c(-c2nonc2N)nc2cncc(-c3cccc(C(C)=O)c3)c21. The third kappa shape index (κ3) is 2.43. The van der Waals surface area contributed by atoms with Crippen LogP contribution in [0.2, 0.25) is 0 Å². The predicted molar refractivity (Wildman–Crippen MR) is 96.3 cm³/mol. The van der Waals surface area contributed by atoms with Crippen LogP contribution in [-0.2, 0) is 6.54 Å². The Balaban J connectivity index is 2.00. The van der Waals surface area contributed by atoms with Gasteiger partial charge in [-0.3, -0.25) is 9.78 Å². The summed E-state index contributed by atoms with van der Waals surface area (Å²) >= 11 is 0. The van der Waals surface area contributed by atoms with E-state index in [0.29, 0.717) is 29.1 Å². The van der Waals surface area contributed by atoms with Crippen LogP contribution in [0.3, 0.4) is 0 Å². The number of imidazole rings is 1. The number of aryl methyl sites for hydroxylation is 1. The summed E-state index contributed by atoms with van der Waals surface area (Å²) in [5.74, 6) is 0.763. The molecule has 8 heteroatoms. The molecular formula is C18H16N6O2. The minimum absolute atomic E-state index is 0.0121. The molecule has 130 valence electrons. The van der Waals surface area contributed by atoms with Crippen LogP contribution in [0.1, 0.15) is 24.2 Å². The number of nitrogen functional groups attached to an aromatic ring is 1. The van der Waals surface area contributed by atoms with Crippen molar-refractivity contribution >= 4 is 22.6 Å². The van der Waals surface area contributed by atoms with Gasteiger partial charge >= 0.3 is 0 Å². The fourth-order valence-corrected chi connectivity index (χ4v) is 3.04. The zero-order valence-corrected chi connectivity index (χ0v) is 14.3. The maximum Gasteiger partial charge on any atom is 0.199 e. The second-order valence-corrected chi connectivity index (χ2v) is 5.87. The quantitative estimate of drug-likeness (QED) is 0.564. The van der Waals surface area contributed by atoms with Crippen molar-refractivity contribution in [2.24, 2.45) is 0 Å². The van der Waals surface area contributed by atoms with Gasteiger partial charge in [-0.15, -0.1) is 0 Å². The molecule has 0 fully saturated rings. The number of nitrogens with two attached hydrogens (primary N) is 1. The average molecular weight is 348 g/mol. The number of fused-ring (bicyclic) bond motifs is 1. The summed E-state index contributed by atoms with van der Waals surface area (Å²) in [7, 11) is 0. The number of benzene rings is 1. The van der Waals surface area contributed by atoms with E-state index < -0.39 is 0 Å². The van der Waals surface area contributed by atoms with Gasteiger partial charge in [-0.1, -0.05) is 18.2 Å². The minimum atomic E-state index is 0.0121. The molecule has 0 atom stereocenters. The number of aromatic nitrogens is 5. The van der Waals surface area contributed by atoms with Gasteiger partial charge in [0.15, 0.2) is 23.1 Å². The normalized spacial score (nSPS) is 11.2. The molecule has 8 nitrogen and oxygen atoms in total. The molecule has 3 heterocycles. The molecule has 0 spiro atoms. The third-order valence-corrected chi connectivity index (χ3v) is 4.27. The Bertz CT molecular complexity index is 1130. The Morgan fingerprint density at radius 2 is 2.12 bits per heavy atom. The molecule has 4 rings (SSSR count). The first-order valence-corrected chi connectivity index (χ1v) is 8.14. The molecule has 4 aromatic rings. The highest BCUT2D eigenvalue weighted by atomic mass is 16.6. The molecule has 0 amide bonds. The lowest BCUT2D eigenvalue weighted by Crippen LogP contribution is -2.01. The van der Waals surface area contributed by atoms with Gasteiger partial charge in [0.1, 0.15) is 5.52 Å². The van der Waals surface area contributed by atoms with Crippen LogP contribution in [-0.4, -0.2) is 30.6 Å². The van der Waals surface area contributed by atoms with Crippen molar-refractivity contribution < 1.29 is 9.42 Å². The van der Waals surface area contributed by atoms with E-state index in [1.165, 1.54) is 0 Å². The lowest BCUT2D eigenvalue weighted by molar-refractivity contribution is 0.101. The Morgan fingerprint density at radius 3 is 2.81 bits per heavy atom. The molecule has 1 aromatic carbocycles. The van der Waals surface area contributed by atoms with Crippen LogP contribution in [0.4, 0.5) is 5.82 Å². The van der Waals surface area contributed by atoms with Crippen LogP contribution in [0.15, 0.2) is 41.3 Å². The first kappa shape index (κ1) is 15.9. The number of rotatable bonds is 4. The van der Waals surface area contributed by atoms with Crippen LogP contribution >= 0.6 is 0 Å². The second kappa shape index (κ2) is 6.07. The van der Waals surface area contributed by atoms with Crippen molar-refractivity contribution in [1.29, 1.82) is 0 Å². The van der Waals surface area contributed by atoms with Gasteiger partial charge < -0.3 is 10.3 Å². The molecule has 0 bridgehead atoms. The Labute approximate surface area is 148 Å². The van der Waals surface area contributed by atoms with Gasteiger partial charge in [0, 0.05) is 23.9 Å². The highest BCUT2D eigenvalue weighted by molar-refractivity contribution is 5.98. The van der Waals surface area contributed by atoms with Crippen LogP contribution in [0.25, 0.3) is 33.7 Å². The van der Waals surface area contributed by atoms with Crippen molar-refractivity contribution in [2.45, 2.75) is 20.4 Å². The Hall–Kier alpha value is -3.55. The van der Waals surface area contributed by atoms with E-state index in [-0.39, 0.29) is 11.6 Å². The van der Waals surface area contributed by atoms with Gasteiger partial charge in [-0.25, -0.2) is 9.61 Å². The number of nitrogens with zero attached hydrogens (tertiary/aromatic N) is 5. The van der Waals surface area contributed by atoms with Gasteiger partial charge in [0.25, 0.3) is 0 Å². The van der Waals surface area contributed by atoms with E-state index >= 15 is 0 Å². The van der Waals surface area contributed by atoms with Crippen LogP contribution in [0, 0.1) is 0 Å². The first-order valence-electron chi connectivity index (χ1n) is 8.14. The summed E-state index contributed by atoms with van der Waals surface area (Å²) in [4.78, 5) is 20.7. The van der Waals surface area contributed by atoms with Crippen molar-refractivity contribution in [1.82, 2.24) is 24.8 Å². The molecule has 0 aliphatic heterocycles. The fraction of sp³-hybridized carbons (Fsp3) is 0.167. The highest BCUT2D eigenvalue weighted by Gasteiger charge is 2.21. The standard InChI is InChI=1S/C18H16N6O2/c1-3-24-16-13(12-6-4-5-11(7-12)10(2)25)8-20-9-14(16)21-18(24)15-17(19)23-26-22-15/h4-9H,3H2,1-2H3,(H2,19,23). The van der Waals surface area contributed by atoms with Crippen molar-refractivity contribution in [3.8, 4) is 22.6 Å². The second-order valence-electron chi connectivity index (χ2n) is 5.87. The summed E-state index contributed by atoms with van der Waals surface area (Å²) in [5.41, 5.74) is 10.2. The first-order chi connectivity index (χ1) is 12.6. The maximum absolute atomic E-state index is 11.7. The fourth-order valence-electron chi connectivity index (χ4n) is 3.04. The van der Waals surface area contributed by atoms with Crippen molar-refractivity contribution in [3.05, 3.63) is 42.2 Å². The molecule has 0 saturated heterocycles. The smallest absolute Gasteiger partial charge is 0.199 e. The molecule has 3 aromatic heterocycles. The molecule has 0 radical (unpaired) electrons. The third-order valence-electron chi connectivity index (χ3n) is 4.27. The molecule has 0 aliphatic rings. The number of Topliss-reactive ketones (excluding diaryl/α,β-unsaturated/α-hetero) is 1. The molecule has 26 heavy (non-hydrogen) atoms. The lowest BCUT2D eigenvalue weighted by atomic mass is 10.0. The number of pyridine rings is 1. The predicted octanol–water partition coefficient (Wildman–Crippen LogP) is 2.95. The van der Waals surface area contributed by atoms with E-state index in [9.17, 15) is 4.79 Å². The number of hydrogen-bond acceptors (Lipinski definition) is 7. The molecule has 0 saturated carbocycles. The summed E-state index contributed by atoms with van der Waals surface area (Å²) in [5, 5.41) is 7.51. The van der Waals surface area contributed by atoms with Crippen LogP contribution < -0.4 is 5.73 Å². The summed E-state index contributed by atoms with van der Waals surface area (Å²) in [6, 6.07) is 7.46. The monoisotopic (exact) mass is 348 g/mol. The number of carbonyl (C=O) groups is 1. The zero-order valence-electron chi connectivity index (χ0n) is 14.3. The van der Waals surface area contributed by atoms with E-state index in [4.69, 9.17) is 10.4 Å². The Morgan fingerprint density at radius 1 is 1.27 bits per heavy atom. The number of carbonyl (C=O) groups excluding carboxylic acids is 1. The average Bonchev–Trinajstić information content (AvgIpc) is 3.24. The molecule has 0 unspecified atom stereocenters. The minimum Gasteiger partial charge on any atom is -0.379 e. The van der Waals surface area contributed by atoms with Gasteiger partial charge in [0.05, 0.1) is 11.7 Å². The Kier molecular flexibility index (Phi) is 3.72. The summed E-state index contributed by atoms with van der Waals surface area (Å²) in [6.45, 7) is 4.19. The van der Waals surface area contributed by atoms with Crippen molar-refractivity contribution in [3.63, 3.8) is 0 Å². The van der Waals surface area contributed by atoms with E-state index in [0.717, 1.165) is 16.6 Å². The van der Waals surface area contributed by atoms with E-state index in [1.54, 1.807) is 25.4 Å². The number of hydrogen-bond donors (Lipinski definition) is 1. The summed E-state index contributed by atoms with van der Waals surface area (Å²) < 4.78 is 6.71. The summed E-state index contributed by atoms with van der Waals surface area (Å²) in [6.07, 6.45) is 3.45. The van der Waals surface area contributed by atoms with Crippen LogP contribution in [0.5, 0.6) is 0 Å². The lowest BCUT2D eigenvalue weighted by Gasteiger charge is -2.09. The maximum atomic E-state index is 11.7. The number of anilines is 1. The highest BCUT2D eigenvalue weighted by Crippen LogP contribution is 2.33. The molecular weight excluding hydrogens is 332 g/mol. The molecule has 0 aliphatic carbocycles. The van der Waals surface area contributed by atoms with Gasteiger partial charge in [-0.05, 0) is 35.8 Å². The zero-order chi connectivity index (χ0) is 18.3. The van der Waals surface area contributed by atoms with E-state index in [2.05, 4.69) is 20.3 Å². The van der Waals surface area contributed by atoms with Gasteiger partial charge in [0.2, 0.25) is 0 Å². The largest absolute Gasteiger partial charge is 0.379 e. The van der Waals surface area contributed by atoms with Crippen molar-refractivity contribution in [2.75, 3.05) is 5.73 Å². The topological polar surface area (TPSA) is 113 Å². The number of ketones is 1.